The van der Waals surface area contributed by atoms with Crippen molar-refractivity contribution in [3.8, 4) is 11.4 Å². The van der Waals surface area contributed by atoms with Gasteiger partial charge in [-0.25, -0.2) is 0 Å². The van der Waals surface area contributed by atoms with Gasteiger partial charge in [-0.3, -0.25) is 9.78 Å². The lowest BCUT2D eigenvalue weighted by Crippen LogP contribution is -2.26. The molecule has 1 atom stereocenters. The van der Waals surface area contributed by atoms with Crippen LogP contribution in [-0.4, -0.2) is 21.0 Å². The number of aromatic nitrogens is 3. The number of nitrogens with one attached hydrogen (secondary N) is 1. The van der Waals surface area contributed by atoms with Gasteiger partial charge in [0.05, 0.1) is 6.04 Å². The molecule has 0 spiro atoms. The van der Waals surface area contributed by atoms with Gasteiger partial charge in [-0.2, -0.15) is 4.98 Å². The van der Waals surface area contributed by atoms with Crippen molar-refractivity contribution in [1.29, 1.82) is 0 Å². The lowest BCUT2D eigenvalue weighted by Gasteiger charge is -2.14. The molecule has 1 N–H and O–H groups in total. The summed E-state index contributed by atoms with van der Waals surface area (Å²) in [5, 5.41) is 7.52. The fourth-order valence-electron chi connectivity index (χ4n) is 2.34. The average molecular weight is 357 g/mol. The number of benzene rings is 1. The molecule has 0 bridgehead atoms. The summed E-state index contributed by atoms with van der Waals surface area (Å²) in [5.41, 5.74) is 1.77. The first-order valence-corrected chi connectivity index (χ1v) is 8.27. The molecule has 25 heavy (non-hydrogen) atoms. The number of aryl methyl sites for hydroxylation is 1. The van der Waals surface area contributed by atoms with Gasteiger partial charge in [0, 0.05) is 35.8 Å². The highest BCUT2D eigenvalue weighted by atomic mass is 35.5. The SMILES string of the molecule is C[C@H](NC(=O)CCc1nc(-c2cccnc2)no1)c1ccc(Cl)cc1. The summed E-state index contributed by atoms with van der Waals surface area (Å²) in [7, 11) is 0. The van der Waals surface area contributed by atoms with Crippen LogP contribution < -0.4 is 5.32 Å². The monoisotopic (exact) mass is 356 g/mol. The van der Waals surface area contributed by atoms with Crippen molar-refractivity contribution in [3.05, 3.63) is 65.3 Å². The number of carbonyl (C=O) groups excluding carboxylic acids is 1. The van der Waals surface area contributed by atoms with Crippen molar-refractivity contribution in [1.82, 2.24) is 20.4 Å². The van der Waals surface area contributed by atoms with Gasteiger partial charge < -0.3 is 9.84 Å². The molecule has 3 rings (SSSR count). The molecule has 128 valence electrons. The number of rotatable bonds is 6. The van der Waals surface area contributed by atoms with Gasteiger partial charge in [0.2, 0.25) is 17.6 Å². The first kappa shape index (κ1) is 17.1. The molecule has 0 saturated heterocycles. The molecule has 0 unspecified atom stereocenters. The number of hydrogen-bond acceptors (Lipinski definition) is 5. The second-order valence-electron chi connectivity index (χ2n) is 5.59. The van der Waals surface area contributed by atoms with E-state index < -0.39 is 0 Å². The Balaban J connectivity index is 1.52. The minimum Gasteiger partial charge on any atom is -0.350 e. The number of pyridine rings is 1. The van der Waals surface area contributed by atoms with Crippen LogP contribution in [0.4, 0.5) is 0 Å². The highest BCUT2D eigenvalue weighted by Gasteiger charge is 2.13. The van der Waals surface area contributed by atoms with Crippen molar-refractivity contribution in [2.75, 3.05) is 0 Å². The Hall–Kier alpha value is -2.73. The zero-order valence-corrected chi connectivity index (χ0v) is 14.4. The summed E-state index contributed by atoms with van der Waals surface area (Å²) < 4.78 is 5.19. The molecule has 7 heteroatoms. The molecular formula is C18H17ClN4O2. The average Bonchev–Trinajstić information content (AvgIpc) is 3.10. The largest absolute Gasteiger partial charge is 0.350 e. The van der Waals surface area contributed by atoms with E-state index in [9.17, 15) is 4.79 Å². The Morgan fingerprint density at radius 3 is 2.80 bits per heavy atom. The van der Waals surface area contributed by atoms with Gasteiger partial charge in [0.15, 0.2) is 0 Å². The van der Waals surface area contributed by atoms with Gasteiger partial charge in [-0.1, -0.05) is 28.9 Å². The Morgan fingerprint density at radius 2 is 2.08 bits per heavy atom. The van der Waals surface area contributed by atoms with E-state index in [1.165, 1.54) is 0 Å². The summed E-state index contributed by atoms with van der Waals surface area (Å²) in [5.74, 6) is 0.815. The van der Waals surface area contributed by atoms with E-state index in [2.05, 4.69) is 20.4 Å². The molecule has 0 saturated carbocycles. The maximum Gasteiger partial charge on any atom is 0.227 e. The van der Waals surface area contributed by atoms with Crippen LogP contribution in [0.1, 0.15) is 30.8 Å². The predicted molar refractivity (Wildman–Crippen MR) is 93.9 cm³/mol. The third-order valence-corrected chi connectivity index (χ3v) is 3.95. The summed E-state index contributed by atoms with van der Waals surface area (Å²) in [4.78, 5) is 20.4. The molecule has 1 amide bonds. The van der Waals surface area contributed by atoms with Crippen molar-refractivity contribution < 1.29 is 9.32 Å². The van der Waals surface area contributed by atoms with Crippen molar-refractivity contribution in [2.45, 2.75) is 25.8 Å². The molecule has 0 fully saturated rings. The van der Waals surface area contributed by atoms with Crippen LogP contribution in [0.5, 0.6) is 0 Å². The Kier molecular flexibility index (Phi) is 5.40. The maximum absolute atomic E-state index is 12.1. The smallest absolute Gasteiger partial charge is 0.227 e. The van der Waals surface area contributed by atoms with Crippen molar-refractivity contribution in [2.24, 2.45) is 0 Å². The molecule has 2 heterocycles. The second-order valence-corrected chi connectivity index (χ2v) is 6.03. The summed E-state index contributed by atoms with van der Waals surface area (Å²) >= 11 is 5.87. The number of hydrogen-bond donors (Lipinski definition) is 1. The van der Waals surface area contributed by atoms with E-state index in [0.29, 0.717) is 23.2 Å². The Labute approximate surface area is 150 Å². The summed E-state index contributed by atoms with van der Waals surface area (Å²) in [6, 6.07) is 10.9. The molecule has 0 aliphatic carbocycles. The maximum atomic E-state index is 12.1. The van der Waals surface area contributed by atoms with E-state index >= 15 is 0 Å². The zero-order chi connectivity index (χ0) is 17.6. The number of nitrogens with zero attached hydrogens (tertiary/aromatic N) is 3. The van der Waals surface area contributed by atoms with Gasteiger partial charge >= 0.3 is 0 Å². The molecule has 0 radical (unpaired) electrons. The fourth-order valence-corrected chi connectivity index (χ4v) is 2.46. The van der Waals surface area contributed by atoms with Crippen LogP contribution >= 0.6 is 11.6 Å². The molecule has 0 aliphatic rings. The van der Waals surface area contributed by atoms with Crippen molar-refractivity contribution >= 4 is 17.5 Å². The topological polar surface area (TPSA) is 80.9 Å². The van der Waals surface area contributed by atoms with E-state index in [4.69, 9.17) is 16.1 Å². The molecule has 6 nitrogen and oxygen atoms in total. The molecule has 0 aliphatic heterocycles. The quantitative estimate of drug-likeness (QED) is 0.729. The van der Waals surface area contributed by atoms with Crippen LogP contribution in [-0.2, 0) is 11.2 Å². The Morgan fingerprint density at radius 1 is 1.28 bits per heavy atom. The van der Waals surface area contributed by atoms with Crippen molar-refractivity contribution in [3.63, 3.8) is 0 Å². The van der Waals surface area contributed by atoms with E-state index in [0.717, 1.165) is 11.1 Å². The zero-order valence-electron chi connectivity index (χ0n) is 13.6. The fraction of sp³-hybridized carbons (Fsp3) is 0.222. The van der Waals surface area contributed by atoms with Gasteiger partial charge in [-0.15, -0.1) is 0 Å². The van der Waals surface area contributed by atoms with Crippen LogP contribution in [0.2, 0.25) is 5.02 Å². The van der Waals surface area contributed by atoms with Crippen LogP contribution in [0.25, 0.3) is 11.4 Å². The molecule has 1 aromatic carbocycles. The van der Waals surface area contributed by atoms with E-state index in [1.807, 2.05) is 25.1 Å². The summed E-state index contributed by atoms with van der Waals surface area (Å²) in [6.07, 6.45) is 3.99. The standard InChI is InChI=1S/C18H17ClN4O2/c1-12(13-4-6-15(19)7-5-13)21-16(24)8-9-17-22-18(23-25-17)14-3-2-10-20-11-14/h2-7,10-12H,8-9H2,1H3,(H,21,24)/t12-/m0/s1. The van der Waals surface area contributed by atoms with Crippen LogP contribution in [0.3, 0.4) is 0 Å². The van der Waals surface area contributed by atoms with Crippen LogP contribution in [0, 0.1) is 0 Å². The number of halogens is 1. The first-order chi connectivity index (χ1) is 12.1. The molecule has 3 aromatic rings. The second kappa shape index (κ2) is 7.90. The third kappa shape index (κ3) is 4.64. The normalized spacial score (nSPS) is 11.9. The lowest BCUT2D eigenvalue weighted by molar-refractivity contribution is -0.121. The van der Waals surface area contributed by atoms with E-state index in [1.54, 1.807) is 30.6 Å². The summed E-state index contributed by atoms with van der Waals surface area (Å²) in [6.45, 7) is 1.92. The highest BCUT2D eigenvalue weighted by Crippen LogP contribution is 2.17. The number of amides is 1. The van der Waals surface area contributed by atoms with Crippen LogP contribution in [0.15, 0.2) is 53.3 Å². The van der Waals surface area contributed by atoms with Gasteiger partial charge in [0.25, 0.3) is 0 Å². The molecule has 2 aromatic heterocycles. The minimum absolute atomic E-state index is 0.0800. The number of carbonyl (C=O) groups is 1. The van der Waals surface area contributed by atoms with Gasteiger partial charge in [-0.05, 0) is 36.8 Å². The first-order valence-electron chi connectivity index (χ1n) is 7.89. The highest BCUT2D eigenvalue weighted by molar-refractivity contribution is 6.30. The Bertz CT molecular complexity index is 834. The van der Waals surface area contributed by atoms with E-state index in [-0.39, 0.29) is 18.4 Å². The molecular weight excluding hydrogens is 340 g/mol. The predicted octanol–water partition coefficient (Wildman–Crippen LogP) is 3.60. The third-order valence-electron chi connectivity index (χ3n) is 3.70. The van der Waals surface area contributed by atoms with Gasteiger partial charge in [0.1, 0.15) is 0 Å². The minimum atomic E-state index is -0.0987. The lowest BCUT2D eigenvalue weighted by atomic mass is 10.1.